The molecule has 2 amide bonds. The van der Waals surface area contributed by atoms with Gasteiger partial charge in [-0.1, -0.05) is 6.07 Å². The summed E-state index contributed by atoms with van der Waals surface area (Å²) in [5.41, 5.74) is 4.37. The average molecular weight is 334 g/mol. The lowest BCUT2D eigenvalue weighted by Crippen LogP contribution is -2.48. The molecule has 0 spiro atoms. The highest BCUT2D eigenvalue weighted by Gasteiger charge is 2.13. The van der Waals surface area contributed by atoms with Crippen LogP contribution in [-0.2, 0) is 0 Å². The number of hydrogen-bond donors (Lipinski definition) is 3. The summed E-state index contributed by atoms with van der Waals surface area (Å²) < 4.78 is 4.88. The molecule has 0 atom stereocenters. The van der Waals surface area contributed by atoms with E-state index in [0.29, 0.717) is 0 Å². The van der Waals surface area contributed by atoms with Gasteiger partial charge < -0.3 is 4.42 Å². The van der Waals surface area contributed by atoms with Crippen molar-refractivity contribution in [1.82, 2.24) is 16.2 Å². The molecule has 0 aliphatic rings. The molecule has 0 bridgehead atoms. The highest BCUT2D eigenvalue weighted by molar-refractivity contribution is 7.80. The predicted molar refractivity (Wildman–Crippen MR) is 82.5 cm³/mol. The molecule has 0 fully saturated rings. The van der Waals surface area contributed by atoms with Gasteiger partial charge in [0, 0.05) is 17.7 Å². The topological polar surface area (TPSA) is 127 Å². The number of nitro benzene ring substituents is 1. The summed E-state index contributed by atoms with van der Waals surface area (Å²) in [6, 6.07) is 8.13. The van der Waals surface area contributed by atoms with E-state index in [4.69, 9.17) is 16.6 Å². The van der Waals surface area contributed by atoms with E-state index in [0.717, 1.165) is 6.07 Å². The number of nitrogens with one attached hydrogen (secondary N) is 3. The number of nitro groups is 1. The van der Waals surface area contributed by atoms with Gasteiger partial charge in [0.15, 0.2) is 10.9 Å². The SMILES string of the molecule is O=C(NNC(=S)NC(=O)c1ccco1)c1cccc([N+](=O)[O-])c1. The van der Waals surface area contributed by atoms with Gasteiger partial charge in [0.25, 0.3) is 17.5 Å². The van der Waals surface area contributed by atoms with Gasteiger partial charge in [-0.25, -0.2) is 0 Å². The van der Waals surface area contributed by atoms with Crippen LogP contribution in [0.3, 0.4) is 0 Å². The van der Waals surface area contributed by atoms with Gasteiger partial charge in [-0.3, -0.25) is 35.9 Å². The van der Waals surface area contributed by atoms with Crippen LogP contribution in [0.15, 0.2) is 47.1 Å². The molecule has 0 aliphatic heterocycles. The summed E-state index contributed by atoms with van der Waals surface area (Å²) >= 11 is 4.83. The lowest BCUT2D eigenvalue weighted by Gasteiger charge is -2.09. The van der Waals surface area contributed by atoms with Crippen LogP contribution in [0.25, 0.3) is 0 Å². The van der Waals surface area contributed by atoms with Crippen molar-refractivity contribution in [2.24, 2.45) is 0 Å². The smallest absolute Gasteiger partial charge is 0.293 e. The minimum absolute atomic E-state index is 0.0548. The molecule has 9 nitrogen and oxygen atoms in total. The molecule has 23 heavy (non-hydrogen) atoms. The summed E-state index contributed by atoms with van der Waals surface area (Å²) in [5, 5.41) is 12.8. The molecule has 0 unspecified atom stereocenters. The zero-order chi connectivity index (χ0) is 16.8. The van der Waals surface area contributed by atoms with E-state index < -0.39 is 16.7 Å². The third-order valence-corrected chi connectivity index (χ3v) is 2.78. The van der Waals surface area contributed by atoms with Crippen LogP contribution in [0.4, 0.5) is 5.69 Å². The number of non-ortho nitro benzene ring substituents is 1. The monoisotopic (exact) mass is 334 g/mol. The molecular weight excluding hydrogens is 324 g/mol. The first kappa shape index (κ1) is 16.1. The Bertz CT molecular complexity index is 759. The lowest BCUT2D eigenvalue weighted by molar-refractivity contribution is -0.384. The number of hydrogen-bond acceptors (Lipinski definition) is 6. The number of furan rings is 1. The van der Waals surface area contributed by atoms with E-state index in [-0.39, 0.29) is 22.1 Å². The molecule has 0 saturated carbocycles. The average Bonchev–Trinajstić information content (AvgIpc) is 3.07. The van der Waals surface area contributed by atoms with E-state index >= 15 is 0 Å². The number of carbonyl (C=O) groups excluding carboxylic acids is 2. The molecule has 0 radical (unpaired) electrons. The largest absolute Gasteiger partial charge is 0.459 e. The van der Waals surface area contributed by atoms with Gasteiger partial charge in [0.2, 0.25) is 0 Å². The van der Waals surface area contributed by atoms with Gasteiger partial charge in [0.05, 0.1) is 11.2 Å². The number of nitrogens with zero attached hydrogens (tertiary/aromatic N) is 1. The minimum Gasteiger partial charge on any atom is -0.459 e. The molecule has 1 aromatic heterocycles. The second kappa shape index (κ2) is 7.13. The fraction of sp³-hybridized carbons (Fsp3) is 0. The number of amides is 2. The second-order valence-electron chi connectivity index (χ2n) is 4.15. The van der Waals surface area contributed by atoms with Crippen LogP contribution in [0.2, 0.25) is 0 Å². The van der Waals surface area contributed by atoms with E-state index in [1.165, 1.54) is 36.6 Å². The van der Waals surface area contributed by atoms with Crippen molar-refractivity contribution < 1.29 is 18.9 Å². The van der Waals surface area contributed by atoms with Gasteiger partial charge in [0.1, 0.15) is 0 Å². The standard InChI is InChI=1S/C13H10N4O5S/c18-11(8-3-1-4-9(7-8)17(20)21)15-16-13(23)14-12(19)10-5-2-6-22-10/h1-7H,(H,15,18)(H2,14,16,19,23). The van der Waals surface area contributed by atoms with Gasteiger partial charge in [-0.2, -0.15) is 0 Å². The van der Waals surface area contributed by atoms with Crippen molar-refractivity contribution in [3.05, 3.63) is 64.1 Å². The molecular formula is C13H10N4O5S. The van der Waals surface area contributed by atoms with Crippen LogP contribution < -0.4 is 16.2 Å². The normalized spacial score (nSPS) is 9.74. The Labute approximate surface area is 134 Å². The van der Waals surface area contributed by atoms with Crippen molar-refractivity contribution in [1.29, 1.82) is 0 Å². The van der Waals surface area contributed by atoms with Gasteiger partial charge >= 0.3 is 0 Å². The van der Waals surface area contributed by atoms with Crippen LogP contribution in [-0.4, -0.2) is 21.9 Å². The Kier molecular flexibility index (Phi) is 5.00. The van der Waals surface area contributed by atoms with E-state index in [1.807, 2.05) is 0 Å². The zero-order valence-electron chi connectivity index (χ0n) is 11.4. The molecule has 0 aliphatic carbocycles. The molecule has 0 saturated heterocycles. The maximum absolute atomic E-state index is 11.9. The van der Waals surface area contributed by atoms with E-state index in [9.17, 15) is 19.7 Å². The Hall–Kier alpha value is -3.27. The summed E-state index contributed by atoms with van der Waals surface area (Å²) in [7, 11) is 0. The van der Waals surface area contributed by atoms with Crippen molar-refractivity contribution in [2.75, 3.05) is 0 Å². The highest BCUT2D eigenvalue weighted by atomic mass is 32.1. The van der Waals surface area contributed by atoms with Crippen LogP contribution in [0.5, 0.6) is 0 Å². The number of rotatable bonds is 3. The Morgan fingerprint density at radius 3 is 2.57 bits per heavy atom. The third kappa shape index (κ3) is 4.35. The van der Waals surface area contributed by atoms with Crippen LogP contribution in [0.1, 0.15) is 20.9 Å². The summed E-state index contributed by atoms with van der Waals surface area (Å²) in [6.45, 7) is 0. The molecule has 1 aromatic carbocycles. The molecule has 118 valence electrons. The van der Waals surface area contributed by atoms with Gasteiger partial charge in [-0.15, -0.1) is 0 Å². The van der Waals surface area contributed by atoms with Crippen molar-refractivity contribution in [3.8, 4) is 0 Å². The first-order chi connectivity index (χ1) is 11.0. The summed E-state index contributed by atoms with van der Waals surface area (Å²) in [6.07, 6.45) is 1.33. The van der Waals surface area contributed by atoms with Crippen molar-refractivity contribution in [2.45, 2.75) is 0 Å². The fourth-order valence-electron chi connectivity index (χ4n) is 1.55. The maximum Gasteiger partial charge on any atom is 0.293 e. The second-order valence-corrected chi connectivity index (χ2v) is 4.56. The fourth-order valence-corrected chi connectivity index (χ4v) is 1.69. The third-order valence-electron chi connectivity index (χ3n) is 2.58. The summed E-state index contributed by atoms with van der Waals surface area (Å²) in [4.78, 5) is 33.5. The molecule has 10 heteroatoms. The van der Waals surface area contributed by atoms with Gasteiger partial charge in [-0.05, 0) is 30.4 Å². The predicted octanol–water partition coefficient (Wildman–Crippen LogP) is 1.14. The van der Waals surface area contributed by atoms with E-state index in [2.05, 4.69) is 16.2 Å². The number of carbonyl (C=O) groups is 2. The minimum atomic E-state index is -0.650. The maximum atomic E-state index is 11.9. The zero-order valence-corrected chi connectivity index (χ0v) is 12.3. The van der Waals surface area contributed by atoms with E-state index in [1.54, 1.807) is 0 Å². The number of thiocarbonyl (C=S) groups is 1. The van der Waals surface area contributed by atoms with Crippen LogP contribution in [0, 0.1) is 10.1 Å². The Morgan fingerprint density at radius 1 is 1.13 bits per heavy atom. The first-order valence-corrected chi connectivity index (χ1v) is 6.58. The molecule has 3 N–H and O–H groups in total. The quantitative estimate of drug-likeness (QED) is 0.436. The number of benzene rings is 1. The van der Waals surface area contributed by atoms with Crippen molar-refractivity contribution >= 4 is 34.8 Å². The first-order valence-electron chi connectivity index (χ1n) is 6.17. The Balaban J connectivity index is 1.89. The Morgan fingerprint density at radius 2 is 1.91 bits per heavy atom. The highest BCUT2D eigenvalue weighted by Crippen LogP contribution is 2.12. The number of hydrazine groups is 1. The summed E-state index contributed by atoms with van der Waals surface area (Å²) in [5.74, 6) is -1.18. The molecule has 2 aromatic rings. The molecule has 2 rings (SSSR count). The molecule has 1 heterocycles. The van der Waals surface area contributed by atoms with Crippen molar-refractivity contribution in [3.63, 3.8) is 0 Å². The van der Waals surface area contributed by atoms with Crippen LogP contribution >= 0.6 is 12.2 Å². The lowest BCUT2D eigenvalue weighted by atomic mass is 10.2.